The number of pyridine rings is 1. The number of aromatic nitrogens is 1. The molecule has 1 aromatic heterocycles. The number of amides is 1. The second-order valence-electron chi connectivity index (χ2n) is 7.49. The smallest absolute Gasteiger partial charge is 0.296 e. The summed E-state index contributed by atoms with van der Waals surface area (Å²) in [5.74, 6) is -0.918. The van der Waals surface area contributed by atoms with Gasteiger partial charge >= 0.3 is 0 Å². The summed E-state index contributed by atoms with van der Waals surface area (Å²) < 4.78 is 10.7. The molecule has 0 radical (unpaired) electrons. The van der Waals surface area contributed by atoms with Gasteiger partial charge in [-0.25, -0.2) is 0 Å². The van der Waals surface area contributed by atoms with Crippen LogP contribution >= 0.6 is 23.2 Å². The summed E-state index contributed by atoms with van der Waals surface area (Å²) in [5, 5.41) is 11.8. The predicted molar refractivity (Wildman–Crippen MR) is 121 cm³/mol. The highest BCUT2D eigenvalue weighted by atomic mass is 35.5. The summed E-state index contributed by atoms with van der Waals surface area (Å²) in [6.07, 6.45) is 1.60. The molecule has 0 spiro atoms. The summed E-state index contributed by atoms with van der Waals surface area (Å²) in [6, 6.07) is 14.0. The van der Waals surface area contributed by atoms with E-state index >= 15 is 0 Å². The van der Waals surface area contributed by atoms with Crippen molar-refractivity contribution in [3.05, 3.63) is 93.2 Å². The van der Waals surface area contributed by atoms with Crippen LogP contribution in [0.2, 0.25) is 10.0 Å². The zero-order valence-electron chi connectivity index (χ0n) is 17.0. The Labute approximate surface area is 198 Å². The third-order valence-corrected chi connectivity index (χ3v) is 6.24. The zero-order chi connectivity index (χ0) is 23.1. The Morgan fingerprint density at radius 2 is 1.85 bits per heavy atom. The quantitative estimate of drug-likeness (QED) is 0.328. The van der Waals surface area contributed by atoms with E-state index in [-0.39, 0.29) is 29.7 Å². The van der Waals surface area contributed by atoms with Crippen LogP contribution in [0.4, 0.5) is 0 Å². The molecule has 33 heavy (non-hydrogen) atoms. The lowest BCUT2D eigenvalue weighted by Crippen LogP contribution is -2.29. The summed E-state index contributed by atoms with van der Waals surface area (Å²) in [7, 11) is 0. The maximum atomic E-state index is 13.1. The molecule has 0 bridgehead atoms. The predicted octanol–water partition coefficient (Wildman–Crippen LogP) is 4.74. The minimum atomic E-state index is -0.896. The van der Waals surface area contributed by atoms with E-state index in [0.717, 1.165) is 0 Å². The molecular formula is C24H16Cl2N2O5. The number of aliphatic hydroxyl groups excluding tert-OH is 1. The van der Waals surface area contributed by atoms with E-state index in [1.807, 2.05) is 0 Å². The summed E-state index contributed by atoms with van der Waals surface area (Å²) in [4.78, 5) is 31.9. The van der Waals surface area contributed by atoms with Crippen molar-refractivity contribution in [2.45, 2.75) is 12.6 Å². The molecule has 1 atom stereocenters. The lowest BCUT2D eigenvalue weighted by molar-refractivity contribution is -0.140. The first kappa shape index (κ1) is 21.3. The highest BCUT2D eigenvalue weighted by molar-refractivity contribution is 6.46. The number of benzene rings is 2. The fourth-order valence-electron chi connectivity index (χ4n) is 3.94. The fourth-order valence-corrected chi connectivity index (χ4v) is 4.24. The molecule has 2 aliphatic heterocycles. The van der Waals surface area contributed by atoms with Gasteiger partial charge in [0.2, 0.25) is 6.79 Å². The van der Waals surface area contributed by atoms with Crippen molar-refractivity contribution >= 4 is 40.7 Å². The molecule has 5 rings (SSSR count). The lowest BCUT2D eigenvalue weighted by atomic mass is 9.95. The van der Waals surface area contributed by atoms with Crippen LogP contribution in [0.3, 0.4) is 0 Å². The zero-order valence-corrected chi connectivity index (χ0v) is 18.5. The number of Topliss-reactive ketones (excluding diaryl/α,β-unsaturated/α-hetero) is 1. The van der Waals surface area contributed by atoms with Crippen molar-refractivity contribution in [1.82, 2.24) is 9.88 Å². The molecule has 0 aliphatic carbocycles. The van der Waals surface area contributed by atoms with Crippen LogP contribution in [0, 0.1) is 0 Å². The van der Waals surface area contributed by atoms with Gasteiger partial charge < -0.3 is 19.5 Å². The molecule has 1 unspecified atom stereocenters. The average Bonchev–Trinajstić information content (AvgIpc) is 3.39. The van der Waals surface area contributed by atoms with Crippen molar-refractivity contribution in [2.24, 2.45) is 0 Å². The highest BCUT2D eigenvalue weighted by Crippen LogP contribution is 2.43. The first-order chi connectivity index (χ1) is 15.9. The van der Waals surface area contributed by atoms with Crippen LogP contribution in [0.1, 0.15) is 22.9 Å². The molecule has 3 heterocycles. The third-order valence-electron chi connectivity index (χ3n) is 5.50. The number of aliphatic hydroxyl groups is 1. The number of fused-ring (bicyclic) bond motifs is 1. The van der Waals surface area contributed by atoms with E-state index in [1.54, 1.807) is 60.8 Å². The van der Waals surface area contributed by atoms with Gasteiger partial charge in [-0.05, 0) is 48.0 Å². The molecule has 1 saturated heterocycles. The number of likely N-dealkylation sites (tertiary alicyclic amines) is 1. The standard InChI is InChI=1S/C24H16Cl2N2O5/c25-16-6-4-13(9-17(16)26)21-20(22(29)14-5-7-18-19(10-14)33-12-32-18)23(30)24(31)28(21)11-15-3-1-2-8-27-15/h1-10,21,29H,11-12H2/b22-20-. The summed E-state index contributed by atoms with van der Waals surface area (Å²) in [6.45, 7) is 0.130. The van der Waals surface area contributed by atoms with Crippen molar-refractivity contribution in [1.29, 1.82) is 0 Å². The number of hydrogen-bond acceptors (Lipinski definition) is 6. The second-order valence-corrected chi connectivity index (χ2v) is 8.30. The van der Waals surface area contributed by atoms with Crippen molar-refractivity contribution in [3.8, 4) is 11.5 Å². The minimum Gasteiger partial charge on any atom is -0.507 e. The molecule has 1 amide bonds. The molecule has 166 valence electrons. The number of rotatable bonds is 4. The minimum absolute atomic E-state index is 0.0619. The van der Waals surface area contributed by atoms with E-state index in [9.17, 15) is 14.7 Å². The van der Waals surface area contributed by atoms with Crippen LogP contribution in [-0.2, 0) is 16.1 Å². The lowest BCUT2D eigenvalue weighted by Gasteiger charge is -2.25. The van der Waals surface area contributed by atoms with E-state index in [2.05, 4.69) is 4.98 Å². The van der Waals surface area contributed by atoms with Crippen LogP contribution < -0.4 is 9.47 Å². The van der Waals surface area contributed by atoms with Gasteiger partial charge in [0, 0.05) is 11.8 Å². The number of carbonyl (C=O) groups is 2. The van der Waals surface area contributed by atoms with Gasteiger partial charge in [-0.3, -0.25) is 14.6 Å². The number of ketones is 1. The van der Waals surface area contributed by atoms with Crippen molar-refractivity contribution in [2.75, 3.05) is 6.79 Å². The van der Waals surface area contributed by atoms with Gasteiger partial charge in [-0.15, -0.1) is 0 Å². The largest absolute Gasteiger partial charge is 0.507 e. The highest BCUT2D eigenvalue weighted by Gasteiger charge is 2.46. The monoisotopic (exact) mass is 482 g/mol. The second kappa shape index (κ2) is 8.42. The average molecular weight is 483 g/mol. The molecule has 1 N–H and O–H groups in total. The topological polar surface area (TPSA) is 89.0 Å². The van der Waals surface area contributed by atoms with Crippen molar-refractivity contribution in [3.63, 3.8) is 0 Å². The molecule has 2 aromatic carbocycles. The fraction of sp³-hybridized carbons (Fsp3) is 0.125. The Kier molecular flexibility index (Phi) is 5.44. The van der Waals surface area contributed by atoms with E-state index in [0.29, 0.717) is 33.3 Å². The third kappa shape index (κ3) is 3.79. The molecular weight excluding hydrogens is 467 g/mol. The molecule has 3 aromatic rings. The summed E-state index contributed by atoms with van der Waals surface area (Å²) in [5.41, 5.74) is 1.38. The van der Waals surface area contributed by atoms with Gasteiger partial charge in [0.1, 0.15) is 5.76 Å². The summed E-state index contributed by atoms with van der Waals surface area (Å²) >= 11 is 12.3. The maximum absolute atomic E-state index is 13.1. The van der Waals surface area contributed by atoms with Gasteiger partial charge in [0.25, 0.3) is 11.7 Å². The first-order valence-corrected chi connectivity index (χ1v) is 10.7. The van der Waals surface area contributed by atoms with E-state index in [1.165, 1.54) is 4.90 Å². The Morgan fingerprint density at radius 3 is 2.61 bits per heavy atom. The van der Waals surface area contributed by atoms with E-state index in [4.69, 9.17) is 32.7 Å². The molecule has 1 fully saturated rings. The molecule has 9 heteroatoms. The Balaban J connectivity index is 1.66. The maximum Gasteiger partial charge on any atom is 0.296 e. The van der Waals surface area contributed by atoms with Crippen molar-refractivity contribution < 1.29 is 24.2 Å². The number of carbonyl (C=O) groups excluding carboxylic acids is 2. The normalized spacial score (nSPS) is 18.7. The van der Waals surface area contributed by atoms with Gasteiger partial charge in [-0.1, -0.05) is 35.3 Å². The Hall–Kier alpha value is -3.55. The van der Waals surface area contributed by atoms with Crippen LogP contribution in [-0.4, -0.2) is 33.5 Å². The van der Waals surface area contributed by atoms with Gasteiger partial charge in [0.15, 0.2) is 11.5 Å². The molecule has 2 aliphatic rings. The van der Waals surface area contributed by atoms with Crippen LogP contribution in [0.5, 0.6) is 11.5 Å². The molecule has 0 saturated carbocycles. The SMILES string of the molecule is O=C1C(=O)N(Cc2ccccn2)C(c2ccc(Cl)c(Cl)c2)/C1=C(/O)c1ccc2c(c1)OCO2. The molecule has 7 nitrogen and oxygen atoms in total. The number of nitrogens with zero attached hydrogens (tertiary/aromatic N) is 2. The number of ether oxygens (including phenoxy) is 2. The first-order valence-electron chi connectivity index (χ1n) is 9.97. The number of hydrogen-bond donors (Lipinski definition) is 1. The van der Waals surface area contributed by atoms with Gasteiger partial charge in [-0.2, -0.15) is 0 Å². The Bertz CT molecular complexity index is 1310. The van der Waals surface area contributed by atoms with Gasteiger partial charge in [0.05, 0.1) is 33.9 Å². The van der Waals surface area contributed by atoms with Crippen LogP contribution in [0.25, 0.3) is 5.76 Å². The Morgan fingerprint density at radius 1 is 1.03 bits per heavy atom. The van der Waals surface area contributed by atoms with E-state index < -0.39 is 17.7 Å². The van der Waals surface area contributed by atoms with Crippen LogP contribution in [0.15, 0.2) is 66.4 Å². The number of halogens is 2.